The summed E-state index contributed by atoms with van der Waals surface area (Å²) in [5.41, 5.74) is 7.23. The molecule has 0 aromatic carbocycles. The van der Waals surface area contributed by atoms with E-state index < -0.39 is 9.84 Å². The third-order valence-corrected chi connectivity index (χ3v) is 4.70. The van der Waals surface area contributed by atoms with Crippen molar-refractivity contribution in [3.8, 4) is 0 Å². The fraction of sp³-hybridized carbons (Fsp3) is 0.600. The lowest BCUT2D eigenvalue weighted by atomic mass is 10.0. The number of sulfone groups is 1. The fourth-order valence-electron chi connectivity index (χ4n) is 2.63. The quantitative estimate of drug-likeness (QED) is 0.796. The molecular weight excluding hydrogens is 302 g/mol. The van der Waals surface area contributed by atoms with Crippen molar-refractivity contribution in [2.75, 3.05) is 30.0 Å². The number of hydrogen-bond acceptors (Lipinski definition) is 5. The number of carbonyl (C=O) groups is 1. The number of anilines is 1. The Morgan fingerprint density at radius 1 is 1.41 bits per heavy atom. The second-order valence-electron chi connectivity index (χ2n) is 5.83. The largest absolute Gasteiger partial charge is 0.370 e. The Hall–Kier alpha value is -1.63. The second kappa shape index (κ2) is 7.09. The first-order valence-corrected chi connectivity index (χ1v) is 9.61. The zero-order valence-corrected chi connectivity index (χ0v) is 13.7. The van der Waals surface area contributed by atoms with Crippen LogP contribution in [-0.4, -0.2) is 44.4 Å². The minimum absolute atomic E-state index is 0.139. The smallest absolute Gasteiger partial charge is 0.217 e. The lowest BCUT2D eigenvalue weighted by molar-refractivity contribution is -0.118. The van der Waals surface area contributed by atoms with E-state index in [0.717, 1.165) is 30.9 Å². The molecule has 1 amide bonds. The van der Waals surface area contributed by atoms with E-state index in [-0.39, 0.29) is 11.7 Å². The number of hydrogen-bond donors (Lipinski definition) is 1. The number of aryl methyl sites for hydroxylation is 2. The molecule has 22 heavy (non-hydrogen) atoms. The number of rotatable bonds is 7. The van der Waals surface area contributed by atoms with Gasteiger partial charge in [0.1, 0.15) is 15.7 Å². The summed E-state index contributed by atoms with van der Waals surface area (Å²) in [5.74, 6) is 0.735. The van der Waals surface area contributed by atoms with Crippen LogP contribution in [0.5, 0.6) is 0 Å². The van der Waals surface area contributed by atoms with E-state index in [1.807, 2.05) is 6.07 Å². The van der Waals surface area contributed by atoms with E-state index in [1.165, 1.54) is 11.8 Å². The Balaban J connectivity index is 2.08. The molecule has 0 fully saturated rings. The first-order valence-electron chi connectivity index (χ1n) is 7.55. The summed E-state index contributed by atoms with van der Waals surface area (Å²) in [4.78, 5) is 17.5. The van der Waals surface area contributed by atoms with Gasteiger partial charge in [0.05, 0.1) is 5.75 Å². The molecule has 0 bridgehead atoms. The lowest BCUT2D eigenvalue weighted by Crippen LogP contribution is -2.34. The molecule has 2 N–H and O–H groups in total. The van der Waals surface area contributed by atoms with Gasteiger partial charge in [-0.1, -0.05) is 6.07 Å². The van der Waals surface area contributed by atoms with Gasteiger partial charge in [-0.15, -0.1) is 0 Å². The van der Waals surface area contributed by atoms with Crippen LogP contribution in [0.25, 0.3) is 0 Å². The molecule has 2 heterocycles. The summed E-state index contributed by atoms with van der Waals surface area (Å²) in [6, 6.07) is 4.05. The summed E-state index contributed by atoms with van der Waals surface area (Å²) >= 11 is 0. The number of aromatic nitrogens is 1. The molecule has 6 nitrogen and oxygen atoms in total. The van der Waals surface area contributed by atoms with Crippen molar-refractivity contribution in [2.24, 2.45) is 5.73 Å². The zero-order chi connectivity index (χ0) is 16.2. The van der Waals surface area contributed by atoms with E-state index >= 15 is 0 Å². The number of fused-ring (bicyclic) bond motifs is 1. The van der Waals surface area contributed by atoms with Crippen LogP contribution in [0.4, 0.5) is 5.82 Å². The van der Waals surface area contributed by atoms with E-state index in [2.05, 4.69) is 16.0 Å². The van der Waals surface area contributed by atoms with Crippen molar-refractivity contribution in [1.82, 2.24) is 4.98 Å². The van der Waals surface area contributed by atoms with Crippen LogP contribution in [0.15, 0.2) is 12.1 Å². The first kappa shape index (κ1) is 16.7. The highest BCUT2D eigenvalue weighted by atomic mass is 32.2. The Kier molecular flexibility index (Phi) is 5.39. The van der Waals surface area contributed by atoms with Gasteiger partial charge in [-0.05, 0) is 37.3 Å². The maximum Gasteiger partial charge on any atom is 0.217 e. The number of amides is 1. The molecule has 0 saturated heterocycles. The Bertz CT molecular complexity index is 643. The minimum atomic E-state index is -2.98. The third-order valence-electron chi connectivity index (χ3n) is 3.78. The van der Waals surface area contributed by atoms with Crippen molar-refractivity contribution < 1.29 is 13.2 Å². The van der Waals surface area contributed by atoms with E-state index in [1.54, 1.807) is 0 Å². The highest BCUT2D eigenvalue weighted by molar-refractivity contribution is 7.90. The number of primary amides is 1. The van der Waals surface area contributed by atoms with E-state index in [4.69, 9.17) is 5.73 Å². The molecular formula is C15H23N3O3S. The molecule has 1 aromatic heterocycles. The van der Waals surface area contributed by atoms with Crippen molar-refractivity contribution in [1.29, 1.82) is 0 Å². The Morgan fingerprint density at radius 3 is 2.86 bits per heavy atom. The molecule has 122 valence electrons. The maximum absolute atomic E-state index is 11.4. The highest BCUT2D eigenvalue weighted by Crippen LogP contribution is 2.25. The van der Waals surface area contributed by atoms with Gasteiger partial charge in [0.2, 0.25) is 5.91 Å². The predicted octanol–water partition coefficient (Wildman–Crippen LogP) is 0.687. The molecule has 1 aliphatic heterocycles. The van der Waals surface area contributed by atoms with Crippen molar-refractivity contribution in [3.63, 3.8) is 0 Å². The molecule has 2 rings (SSSR count). The number of carbonyl (C=O) groups excluding carboxylic acids is 1. The lowest BCUT2D eigenvalue weighted by Gasteiger charge is -2.30. The van der Waals surface area contributed by atoms with Gasteiger partial charge < -0.3 is 10.6 Å². The van der Waals surface area contributed by atoms with Crippen molar-refractivity contribution in [3.05, 3.63) is 23.4 Å². The summed E-state index contributed by atoms with van der Waals surface area (Å²) in [5, 5.41) is 0. The van der Waals surface area contributed by atoms with Crippen LogP contribution in [0, 0.1) is 0 Å². The SMILES string of the molecule is CS(=O)(=O)CCN1CCCc2ccc(CCCC(N)=O)nc21. The van der Waals surface area contributed by atoms with Gasteiger partial charge in [-0.3, -0.25) is 4.79 Å². The summed E-state index contributed by atoms with van der Waals surface area (Å²) < 4.78 is 22.7. The normalized spacial score (nSPS) is 14.7. The monoisotopic (exact) mass is 325 g/mol. The van der Waals surface area contributed by atoms with Gasteiger partial charge in [0, 0.05) is 31.5 Å². The van der Waals surface area contributed by atoms with E-state index in [0.29, 0.717) is 25.8 Å². The molecule has 0 atom stereocenters. The highest BCUT2D eigenvalue weighted by Gasteiger charge is 2.19. The molecule has 0 saturated carbocycles. The average Bonchev–Trinajstić information content (AvgIpc) is 2.44. The molecule has 0 unspecified atom stereocenters. The molecule has 0 spiro atoms. The number of pyridine rings is 1. The van der Waals surface area contributed by atoms with Crippen molar-refractivity contribution >= 4 is 21.6 Å². The van der Waals surface area contributed by atoms with Crippen molar-refractivity contribution in [2.45, 2.75) is 32.1 Å². The van der Waals surface area contributed by atoms with Crippen LogP contribution in [0.2, 0.25) is 0 Å². The number of nitrogens with two attached hydrogens (primary N) is 1. The average molecular weight is 325 g/mol. The molecule has 1 aliphatic rings. The zero-order valence-electron chi connectivity index (χ0n) is 12.9. The van der Waals surface area contributed by atoms with Gasteiger partial charge in [-0.25, -0.2) is 13.4 Å². The van der Waals surface area contributed by atoms with Crippen LogP contribution < -0.4 is 10.6 Å². The Labute approximate surface area is 131 Å². The standard InChI is InChI=1S/C15H23N3O3S/c1-22(20,21)11-10-18-9-3-4-12-7-8-13(17-15(12)18)5-2-6-14(16)19/h7-8H,2-6,9-11H2,1H3,(H2,16,19). The van der Waals surface area contributed by atoms with Crippen LogP contribution >= 0.6 is 0 Å². The topological polar surface area (TPSA) is 93.4 Å². The van der Waals surface area contributed by atoms with Gasteiger partial charge in [-0.2, -0.15) is 0 Å². The first-order chi connectivity index (χ1) is 10.3. The predicted molar refractivity (Wildman–Crippen MR) is 86.6 cm³/mol. The number of nitrogens with zero attached hydrogens (tertiary/aromatic N) is 2. The molecule has 1 aromatic rings. The maximum atomic E-state index is 11.4. The molecule has 7 heteroatoms. The minimum Gasteiger partial charge on any atom is -0.370 e. The summed E-state index contributed by atoms with van der Waals surface area (Å²) in [6.45, 7) is 1.31. The summed E-state index contributed by atoms with van der Waals surface area (Å²) in [6.07, 6.45) is 4.99. The van der Waals surface area contributed by atoms with Crippen LogP contribution in [-0.2, 0) is 27.5 Å². The van der Waals surface area contributed by atoms with Crippen LogP contribution in [0.1, 0.15) is 30.5 Å². The fourth-order valence-corrected chi connectivity index (χ4v) is 3.18. The molecule has 0 aliphatic carbocycles. The second-order valence-corrected chi connectivity index (χ2v) is 8.09. The Morgan fingerprint density at radius 2 is 2.18 bits per heavy atom. The van der Waals surface area contributed by atoms with Gasteiger partial charge in [0.25, 0.3) is 0 Å². The van der Waals surface area contributed by atoms with Crippen LogP contribution in [0.3, 0.4) is 0 Å². The van der Waals surface area contributed by atoms with Gasteiger partial charge >= 0.3 is 0 Å². The van der Waals surface area contributed by atoms with E-state index in [9.17, 15) is 13.2 Å². The third kappa shape index (κ3) is 4.98. The molecule has 0 radical (unpaired) electrons. The summed E-state index contributed by atoms with van der Waals surface area (Å²) in [7, 11) is -2.98. The van der Waals surface area contributed by atoms with Gasteiger partial charge in [0.15, 0.2) is 0 Å².